The lowest BCUT2D eigenvalue weighted by atomic mass is 10.1. The van der Waals surface area contributed by atoms with Crippen LogP contribution >= 0.6 is 0 Å². The fourth-order valence-electron chi connectivity index (χ4n) is 2.79. The molecule has 2 atom stereocenters. The summed E-state index contributed by atoms with van der Waals surface area (Å²) < 4.78 is 10.7. The largest absolute Gasteiger partial charge is 0.496 e. The number of amides is 1. The highest BCUT2D eigenvalue weighted by Gasteiger charge is 2.32. The molecule has 0 aromatic heterocycles. The van der Waals surface area contributed by atoms with E-state index in [1.807, 2.05) is 11.0 Å². The van der Waals surface area contributed by atoms with Crippen LogP contribution < -0.4 is 9.47 Å². The van der Waals surface area contributed by atoms with E-state index in [1.165, 1.54) is 0 Å². The lowest BCUT2D eigenvalue weighted by molar-refractivity contribution is 0.0409. The fraction of sp³-hybridized carbons (Fsp3) is 0.562. The van der Waals surface area contributed by atoms with Gasteiger partial charge in [0.05, 0.1) is 14.2 Å². The summed E-state index contributed by atoms with van der Waals surface area (Å²) in [7, 11) is 5.24. The Morgan fingerprint density at radius 2 is 1.57 bits per heavy atom. The number of benzene rings is 1. The van der Waals surface area contributed by atoms with Crippen LogP contribution in [0.2, 0.25) is 0 Å². The van der Waals surface area contributed by atoms with Crippen molar-refractivity contribution in [3.05, 3.63) is 23.8 Å². The molecule has 0 saturated carbocycles. The number of likely N-dealkylation sites (N-methyl/N-ethyl adjacent to an activating group) is 1. The monoisotopic (exact) mass is 292 g/mol. The second-order valence-electron chi connectivity index (χ2n) is 5.61. The van der Waals surface area contributed by atoms with Gasteiger partial charge in [-0.15, -0.1) is 0 Å². The van der Waals surface area contributed by atoms with Crippen LogP contribution in [0.4, 0.5) is 0 Å². The maximum absolute atomic E-state index is 12.9. The molecule has 0 bridgehead atoms. The first-order valence-corrected chi connectivity index (χ1v) is 7.21. The quantitative estimate of drug-likeness (QED) is 0.853. The van der Waals surface area contributed by atoms with E-state index >= 15 is 0 Å². The Morgan fingerprint density at radius 1 is 1.10 bits per heavy atom. The Bertz CT molecular complexity index is 484. The summed E-state index contributed by atoms with van der Waals surface area (Å²) in [4.78, 5) is 17.1. The van der Waals surface area contributed by atoms with Gasteiger partial charge in [-0.3, -0.25) is 9.69 Å². The Kier molecular flexibility index (Phi) is 4.73. The van der Waals surface area contributed by atoms with E-state index < -0.39 is 0 Å². The highest BCUT2D eigenvalue weighted by Crippen LogP contribution is 2.30. The second kappa shape index (κ2) is 6.35. The van der Waals surface area contributed by atoms with Gasteiger partial charge in [0.1, 0.15) is 17.1 Å². The van der Waals surface area contributed by atoms with E-state index in [9.17, 15) is 4.79 Å². The Balaban J connectivity index is 2.32. The zero-order valence-corrected chi connectivity index (χ0v) is 13.4. The summed E-state index contributed by atoms with van der Waals surface area (Å²) in [6.07, 6.45) is 0. The molecule has 1 amide bonds. The molecule has 1 fully saturated rings. The average molecular weight is 292 g/mol. The number of rotatable bonds is 3. The molecule has 116 valence electrons. The summed E-state index contributed by atoms with van der Waals surface area (Å²) in [5.41, 5.74) is 0.506. The Hall–Kier alpha value is -1.75. The maximum Gasteiger partial charge on any atom is 0.261 e. The van der Waals surface area contributed by atoms with Crippen LogP contribution in [0.15, 0.2) is 18.2 Å². The molecule has 5 nitrogen and oxygen atoms in total. The van der Waals surface area contributed by atoms with Crippen molar-refractivity contribution < 1.29 is 14.3 Å². The van der Waals surface area contributed by atoms with E-state index in [2.05, 4.69) is 25.8 Å². The highest BCUT2D eigenvalue weighted by atomic mass is 16.5. The summed E-state index contributed by atoms with van der Waals surface area (Å²) in [6, 6.07) is 6.07. The normalized spacial score (nSPS) is 23.0. The molecule has 0 N–H and O–H groups in total. The molecule has 0 radical (unpaired) electrons. The summed E-state index contributed by atoms with van der Waals surface area (Å²) in [5, 5.41) is 0. The molecule has 1 aromatic carbocycles. The molecule has 0 aliphatic carbocycles. The van der Waals surface area contributed by atoms with Crippen molar-refractivity contribution in [1.82, 2.24) is 9.80 Å². The first-order chi connectivity index (χ1) is 9.99. The first-order valence-electron chi connectivity index (χ1n) is 7.21. The van der Waals surface area contributed by atoms with Gasteiger partial charge in [-0.1, -0.05) is 6.07 Å². The zero-order chi connectivity index (χ0) is 15.6. The average Bonchev–Trinajstić information content (AvgIpc) is 2.50. The van der Waals surface area contributed by atoms with Gasteiger partial charge < -0.3 is 14.4 Å². The van der Waals surface area contributed by atoms with Gasteiger partial charge in [0, 0.05) is 25.2 Å². The third-order valence-corrected chi connectivity index (χ3v) is 4.29. The number of hydrogen-bond donors (Lipinski definition) is 0. The standard InChI is InChI=1S/C16H24N2O3/c1-11-9-18(10-12(2)17(11)3)16(19)15-13(20-4)7-6-8-14(15)21-5/h6-8,11-12H,9-10H2,1-5H3. The molecule has 0 spiro atoms. The molecule has 21 heavy (non-hydrogen) atoms. The van der Waals surface area contributed by atoms with E-state index in [0.29, 0.717) is 42.2 Å². The van der Waals surface area contributed by atoms with E-state index in [-0.39, 0.29) is 5.91 Å². The third kappa shape index (κ3) is 2.97. The van der Waals surface area contributed by atoms with Crippen LogP contribution in [0, 0.1) is 0 Å². The van der Waals surface area contributed by atoms with Gasteiger partial charge in [-0.05, 0) is 33.0 Å². The maximum atomic E-state index is 12.9. The Morgan fingerprint density at radius 3 is 2.00 bits per heavy atom. The van der Waals surface area contributed by atoms with Crippen LogP contribution in [0.1, 0.15) is 24.2 Å². The van der Waals surface area contributed by atoms with E-state index in [1.54, 1.807) is 26.4 Å². The summed E-state index contributed by atoms with van der Waals surface area (Å²) in [6.45, 7) is 5.69. The highest BCUT2D eigenvalue weighted by molar-refractivity contribution is 5.99. The van der Waals surface area contributed by atoms with Crippen LogP contribution in [-0.2, 0) is 0 Å². The molecule has 1 aliphatic heterocycles. The molecular weight excluding hydrogens is 268 g/mol. The lowest BCUT2D eigenvalue weighted by Gasteiger charge is -2.42. The van der Waals surface area contributed by atoms with Crippen molar-refractivity contribution in [1.29, 1.82) is 0 Å². The van der Waals surface area contributed by atoms with Crippen molar-refractivity contribution in [2.24, 2.45) is 0 Å². The minimum Gasteiger partial charge on any atom is -0.496 e. The SMILES string of the molecule is COc1cccc(OC)c1C(=O)N1CC(C)N(C)C(C)C1. The minimum absolute atomic E-state index is 0.0314. The second-order valence-corrected chi connectivity index (χ2v) is 5.61. The predicted octanol–water partition coefficient (Wildman–Crippen LogP) is 1.87. The number of methoxy groups -OCH3 is 2. The van der Waals surface area contributed by atoms with Crippen molar-refractivity contribution in [3.8, 4) is 11.5 Å². The van der Waals surface area contributed by atoms with Crippen molar-refractivity contribution in [2.75, 3.05) is 34.4 Å². The van der Waals surface area contributed by atoms with Gasteiger partial charge in [-0.2, -0.15) is 0 Å². The molecule has 1 aliphatic rings. The van der Waals surface area contributed by atoms with Crippen molar-refractivity contribution in [2.45, 2.75) is 25.9 Å². The number of piperazine rings is 1. The number of carbonyl (C=O) groups excluding carboxylic acids is 1. The molecule has 2 rings (SSSR count). The first kappa shape index (κ1) is 15.6. The fourth-order valence-corrected chi connectivity index (χ4v) is 2.79. The summed E-state index contributed by atoms with van der Waals surface area (Å²) in [5.74, 6) is 1.08. The zero-order valence-electron chi connectivity index (χ0n) is 13.4. The Labute approximate surface area is 126 Å². The van der Waals surface area contributed by atoms with Gasteiger partial charge in [0.25, 0.3) is 5.91 Å². The van der Waals surface area contributed by atoms with Crippen LogP contribution in [0.5, 0.6) is 11.5 Å². The molecule has 1 saturated heterocycles. The van der Waals surface area contributed by atoms with Gasteiger partial charge in [-0.25, -0.2) is 0 Å². The molecular formula is C16H24N2O3. The van der Waals surface area contributed by atoms with Gasteiger partial charge >= 0.3 is 0 Å². The van der Waals surface area contributed by atoms with Gasteiger partial charge in [0.2, 0.25) is 0 Å². The molecule has 2 unspecified atom stereocenters. The number of nitrogens with zero attached hydrogens (tertiary/aromatic N) is 2. The molecule has 5 heteroatoms. The number of hydrogen-bond acceptors (Lipinski definition) is 4. The third-order valence-electron chi connectivity index (χ3n) is 4.29. The number of carbonyl (C=O) groups is 1. The summed E-state index contributed by atoms with van der Waals surface area (Å²) >= 11 is 0. The number of ether oxygens (including phenoxy) is 2. The molecule has 1 heterocycles. The molecule has 1 aromatic rings. The van der Waals surface area contributed by atoms with E-state index in [4.69, 9.17) is 9.47 Å². The predicted molar refractivity (Wildman–Crippen MR) is 82.1 cm³/mol. The van der Waals surface area contributed by atoms with E-state index in [0.717, 1.165) is 0 Å². The van der Waals surface area contributed by atoms with Crippen LogP contribution in [0.25, 0.3) is 0 Å². The lowest BCUT2D eigenvalue weighted by Crippen LogP contribution is -2.56. The van der Waals surface area contributed by atoms with Crippen molar-refractivity contribution in [3.63, 3.8) is 0 Å². The topological polar surface area (TPSA) is 42.0 Å². The van der Waals surface area contributed by atoms with Crippen LogP contribution in [-0.4, -0.2) is 62.1 Å². The van der Waals surface area contributed by atoms with Gasteiger partial charge in [0.15, 0.2) is 0 Å². The van der Waals surface area contributed by atoms with Crippen LogP contribution in [0.3, 0.4) is 0 Å². The van der Waals surface area contributed by atoms with Crippen molar-refractivity contribution >= 4 is 5.91 Å². The smallest absolute Gasteiger partial charge is 0.261 e. The minimum atomic E-state index is -0.0314.